The SMILES string of the molecule is CCCNC(CCC(C)C)c1ccc(Cl)c(Br)c1. The van der Waals surface area contributed by atoms with Gasteiger partial charge in [-0.15, -0.1) is 0 Å². The maximum absolute atomic E-state index is 6.05. The number of rotatable bonds is 7. The fourth-order valence-corrected chi connectivity index (χ4v) is 2.45. The summed E-state index contributed by atoms with van der Waals surface area (Å²) in [6, 6.07) is 6.66. The topological polar surface area (TPSA) is 12.0 Å². The van der Waals surface area contributed by atoms with Gasteiger partial charge in [-0.25, -0.2) is 0 Å². The second kappa shape index (κ2) is 8.19. The lowest BCUT2D eigenvalue weighted by atomic mass is 9.97. The Balaban J connectivity index is 2.76. The molecule has 0 saturated carbocycles. The smallest absolute Gasteiger partial charge is 0.0548 e. The first kappa shape index (κ1) is 16.0. The van der Waals surface area contributed by atoms with E-state index in [1.165, 1.54) is 18.4 Å². The summed E-state index contributed by atoms with van der Waals surface area (Å²) in [7, 11) is 0. The zero-order valence-corrected chi connectivity index (χ0v) is 13.8. The van der Waals surface area contributed by atoms with Crippen LogP contribution in [-0.4, -0.2) is 6.54 Å². The predicted molar refractivity (Wildman–Crippen MR) is 84.3 cm³/mol. The van der Waals surface area contributed by atoms with E-state index < -0.39 is 0 Å². The molecule has 0 radical (unpaired) electrons. The van der Waals surface area contributed by atoms with Gasteiger partial charge in [0.2, 0.25) is 0 Å². The van der Waals surface area contributed by atoms with Crippen molar-refractivity contribution in [3.8, 4) is 0 Å². The van der Waals surface area contributed by atoms with Gasteiger partial charge in [0.05, 0.1) is 5.02 Å². The van der Waals surface area contributed by atoms with Crippen molar-refractivity contribution in [2.24, 2.45) is 5.92 Å². The highest BCUT2D eigenvalue weighted by molar-refractivity contribution is 9.10. The molecule has 0 aromatic heterocycles. The number of hydrogen-bond acceptors (Lipinski definition) is 1. The Morgan fingerprint density at radius 1 is 1.28 bits per heavy atom. The van der Waals surface area contributed by atoms with Gasteiger partial charge in [-0.05, 0) is 65.4 Å². The molecule has 1 aromatic rings. The van der Waals surface area contributed by atoms with Crippen LogP contribution in [0.5, 0.6) is 0 Å². The Morgan fingerprint density at radius 2 is 2.00 bits per heavy atom. The molecule has 1 rings (SSSR count). The van der Waals surface area contributed by atoms with Gasteiger partial charge < -0.3 is 5.32 Å². The van der Waals surface area contributed by atoms with Crippen molar-refractivity contribution in [3.63, 3.8) is 0 Å². The van der Waals surface area contributed by atoms with E-state index in [4.69, 9.17) is 11.6 Å². The molecule has 18 heavy (non-hydrogen) atoms. The summed E-state index contributed by atoms with van der Waals surface area (Å²) >= 11 is 9.55. The minimum Gasteiger partial charge on any atom is -0.310 e. The molecule has 0 bridgehead atoms. The molecule has 1 N–H and O–H groups in total. The van der Waals surface area contributed by atoms with Gasteiger partial charge in [0.15, 0.2) is 0 Å². The predicted octanol–water partition coefficient (Wildman–Crippen LogP) is 5.58. The largest absolute Gasteiger partial charge is 0.310 e. The van der Waals surface area contributed by atoms with Crippen LogP contribution in [0.3, 0.4) is 0 Å². The number of benzene rings is 1. The molecule has 0 fully saturated rings. The van der Waals surface area contributed by atoms with E-state index in [0.717, 1.165) is 28.4 Å². The molecular weight excluding hydrogens is 310 g/mol. The Kier molecular flexibility index (Phi) is 7.28. The fraction of sp³-hybridized carbons (Fsp3) is 0.600. The third-order valence-electron chi connectivity index (χ3n) is 3.02. The highest BCUT2D eigenvalue weighted by atomic mass is 79.9. The van der Waals surface area contributed by atoms with Crippen molar-refractivity contribution in [2.75, 3.05) is 6.54 Å². The Bertz CT molecular complexity index is 366. The first-order chi connectivity index (χ1) is 8.54. The van der Waals surface area contributed by atoms with Crippen molar-refractivity contribution >= 4 is 27.5 Å². The highest BCUT2D eigenvalue weighted by Gasteiger charge is 2.12. The fourth-order valence-electron chi connectivity index (χ4n) is 1.93. The van der Waals surface area contributed by atoms with Crippen LogP contribution < -0.4 is 5.32 Å². The second-order valence-electron chi connectivity index (χ2n) is 5.15. The van der Waals surface area contributed by atoms with Crippen molar-refractivity contribution < 1.29 is 0 Å². The molecule has 0 amide bonds. The average Bonchev–Trinajstić information content (AvgIpc) is 2.33. The molecule has 1 unspecified atom stereocenters. The van der Waals surface area contributed by atoms with Gasteiger partial charge in [-0.2, -0.15) is 0 Å². The van der Waals surface area contributed by atoms with Crippen LogP contribution in [0.25, 0.3) is 0 Å². The monoisotopic (exact) mass is 331 g/mol. The van der Waals surface area contributed by atoms with E-state index in [0.29, 0.717) is 6.04 Å². The summed E-state index contributed by atoms with van der Waals surface area (Å²) in [5.74, 6) is 0.742. The summed E-state index contributed by atoms with van der Waals surface area (Å²) in [6.45, 7) is 7.80. The molecule has 102 valence electrons. The van der Waals surface area contributed by atoms with E-state index in [1.807, 2.05) is 6.07 Å². The normalized spacial score (nSPS) is 13.0. The number of nitrogens with one attached hydrogen (secondary N) is 1. The second-order valence-corrected chi connectivity index (χ2v) is 6.41. The van der Waals surface area contributed by atoms with Crippen LogP contribution >= 0.6 is 27.5 Å². The molecule has 1 nitrogen and oxygen atoms in total. The van der Waals surface area contributed by atoms with Crippen molar-refractivity contribution in [1.82, 2.24) is 5.32 Å². The lowest BCUT2D eigenvalue weighted by Crippen LogP contribution is -2.22. The molecule has 0 aliphatic rings. The summed E-state index contributed by atoms with van der Waals surface area (Å²) in [6.07, 6.45) is 3.57. The van der Waals surface area contributed by atoms with Crippen LogP contribution in [0.4, 0.5) is 0 Å². The highest BCUT2D eigenvalue weighted by Crippen LogP contribution is 2.28. The number of halogens is 2. The van der Waals surface area contributed by atoms with Crippen LogP contribution in [0, 0.1) is 5.92 Å². The lowest BCUT2D eigenvalue weighted by molar-refractivity contribution is 0.440. The standard InChI is InChI=1S/C15H23BrClN/c1-4-9-18-15(8-5-11(2)3)12-6-7-14(17)13(16)10-12/h6-7,10-11,15,18H,4-5,8-9H2,1-3H3. The third-order valence-corrected chi connectivity index (χ3v) is 4.23. The molecule has 0 aliphatic heterocycles. The van der Waals surface area contributed by atoms with E-state index in [1.54, 1.807) is 0 Å². The van der Waals surface area contributed by atoms with Gasteiger partial charge in [-0.1, -0.05) is 38.4 Å². The van der Waals surface area contributed by atoms with Crippen LogP contribution in [0.1, 0.15) is 51.6 Å². The van der Waals surface area contributed by atoms with Crippen LogP contribution in [0.2, 0.25) is 5.02 Å². The molecular formula is C15H23BrClN. The Labute approximate surface area is 124 Å². The average molecular weight is 333 g/mol. The zero-order chi connectivity index (χ0) is 13.5. The van der Waals surface area contributed by atoms with Gasteiger partial charge >= 0.3 is 0 Å². The molecule has 0 spiro atoms. The molecule has 0 saturated heterocycles. The zero-order valence-electron chi connectivity index (χ0n) is 11.5. The molecule has 1 atom stereocenters. The first-order valence-corrected chi connectivity index (χ1v) is 7.90. The first-order valence-electron chi connectivity index (χ1n) is 6.73. The van der Waals surface area contributed by atoms with Gasteiger partial charge in [-0.3, -0.25) is 0 Å². The minimum absolute atomic E-state index is 0.431. The lowest BCUT2D eigenvalue weighted by Gasteiger charge is -2.20. The summed E-state index contributed by atoms with van der Waals surface area (Å²) < 4.78 is 0.981. The van der Waals surface area contributed by atoms with Gasteiger partial charge in [0, 0.05) is 10.5 Å². The van der Waals surface area contributed by atoms with E-state index in [9.17, 15) is 0 Å². The number of hydrogen-bond donors (Lipinski definition) is 1. The van der Waals surface area contributed by atoms with E-state index in [-0.39, 0.29) is 0 Å². The summed E-state index contributed by atoms with van der Waals surface area (Å²) in [5.41, 5.74) is 1.32. The van der Waals surface area contributed by atoms with E-state index in [2.05, 4.69) is 54.2 Å². The molecule has 3 heteroatoms. The van der Waals surface area contributed by atoms with Gasteiger partial charge in [0.25, 0.3) is 0 Å². The third kappa shape index (κ3) is 5.29. The summed E-state index contributed by atoms with van der Waals surface area (Å²) in [5, 5.41) is 4.40. The van der Waals surface area contributed by atoms with Crippen LogP contribution in [-0.2, 0) is 0 Å². The maximum atomic E-state index is 6.05. The van der Waals surface area contributed by atoms with Crippen LogP contribution in [0.15, 0.2) is 22.7 Å². The quantitative estimate of drug-likeness (QED) is 0.687. The Morgan fingerprint density at radius 3 is 2.56 bits per heavy atom. The van der Waals surface area contributed by atoms with Crippen molar-refractivity contribution in [2.45, 2.75) is 46.1 Å². The minimum atomic E-state index is 0.431. The maximum Gasteiger partial charge on any atom is 0.0548 e. The van der Waals surface area contributed by atoms with Crippen molar-refractivity contribution in [3.05, 3.63) is 33.3 Å². The van der Waals surface area contributed by atoms with E-state index >= 15 is 0 Å². The van der Waals surface area contributed by atoms with Crippen molar-refractivity contribution in [1.29, 1.82) is 0 Å². The summed E-state index contributed by atoms with van der Waals surface area (Å²) in [4.78, 5) is 0. The Hall–Kier alpha value is -0.0500. The molecule has 0 aliphatic carbocycles. The van der Waals surface area contributed by atoms with Gasteiger partial charge in [0.1, 0.15) is 0 Å². The molecule has 0 heterocycles. The molecule has 1 aromatic carbocycles.